The van der Waals surface area contributed by atoms with Gasteiger partial charge in [0.05, 0.1) is 22.0 Å². The van der Waals surface area contributed by atoms with Crippen LogP contribution in [0.25, 0.3) is 0 Å². The van der Waals surface area contributed by atoms with Crippen LogP contribution in [0.4, 0.5) is 20.2 Å². The molecule has 0 spiro atoms. The summed E-state index contributed by atoms with van der Waals surface area (Å²) >= 11 is 0. The lowest BCUT2D eigenvalue weighted by atomic mass is 10.1. The van der Waals surface area contributed by atoms with Crippen molar-refractivity contribution in [3.63, 3.8) is 0 Å². The first-order valence-corrected chi connectivity index (χ1v) is 5.78. The lowest BCUT2D eigenvalue weighted by Gasteiger charge is -2.08. The first-order valence-electron chi connectivity index (χ1n) is 5.78. The van der Waals surface area contributed by atoms with Crippen LogP contribution < -0.4 is 5.32 Å². The van der Waals surface area contributed by atoms with Crippen molar-refractivity contribution in [2.75, 3.05) is 5.32 Å². The van der Waals surface area contributed by atoms with Crippen LogP contribution in [0, 0.1) is 35.6 Å². The smallest absolute Gasteiger partial charge is 0.305 e. The van der Waals surface area contributed by atoms with Crippen LogP contribution >= 0.6 is 0 Å². The fraction of sp³-hybridized carbons (Fsp3) is 0.250. The molecule has 6 nitrogen and oxygen atoms in total. The minimum absolute atomic E-state index is 0.00579. The summed E-state index contributed by atoms with van der Waals surface area (Å²) in [6.45, 7) is 3.54. The van der Waals surface area contributed by atoms with Crippen molar-refractivity contribution in [1.29, 1.82) is 0 Å². The van der Waals surface area contributed by atoms with E-state index in [9.17, 15) is 18.9 Å². The number of nitrogens with one attached hydrogen (secondary N) is 2. The third-order valence-corrected chi connectivity index (χ3v) is 2.90. The Balaban J connectivity index is 2.26. The van der Waals surface area contributed by atoms with Crippen LogP contribution in [0.3, 0.4) is 0 Å². The highest BCUT2D eigenvalue weighted by atomic mass is 19.1. The average Bonchev–Trinajstić information content (AvgIpc) is 2.68. The molecule has 1 aromatic carbocycles. The van der Waals surface area contributed by atoms with Gasteiger partial charge < -0.3 is 5.32 Å². The number of rotatable bonds is 4. The molecule has 0 saturated heterocycles. The summed E-state index contributed by atoms with van der Waals surface area (Å²) in [5, 5.41) is 20.3. The highest BCUT2D eigenvalue weighted by molar-refractivity contribution is 5.52. The molecule has 0 amide bonds. The number of hydrogen-bond acceptors (Lipinski definition) is 4. The summed E-state index contributed by atoms with van der Waals surface area (Å²) < 4.78 is 26.8. The Hall–Kier alpha value is -2.51. The van der Waals surface area contributed by atoms with E-state index in [1.807, 2.05) is 0 Å². The second-order valence-corrected chi connectivity index (χ2v) is 4.31. The van der Waals surface area contributed by atoms with Gasteiger partial charge in [0, 0.05) is 24.2 Å². The van der Waals surface area contributed by atoms with Gasteiger partial charge in [0.1, 0.15) is 5.82 Å². The zero-order valence-electron chi connectivity index (χ0n) is 10.8. The Morgan fingerprint density at radius 3 is 2.60 bits per heavy atom. The number of aromatic nitrogens is 2. The number of aromatic amines is 1. The van der Waals surface area contributed by atoms with E-state index in [1.165, 1.54) is 0 Å². The highest BCUT2D eigenvalue weighted by Crippen LogP contribution is 2.23. The highest BCUT2D eigenvalue weighted by Gasteiger charge is 2.18. The number of benzene rings is 1. The zero-order chi connectivity index (χ0) is 14.9. The van der Waals surface area contributed by atoms with Crippen LogP contribution in [0.5, 0.6) is 0 Å². The fourth-order valence-electron chi connectivity index (χ4n) is 1.85. The number of nitro benzene ring substituents is 1. The minimum Gasteiger partial charge on any atom is -0.378 e. The predicted molar refractivity (Wildman–Crippen MR) is 68.4 cm³/mol. The molecule has 1 heterocycles. The minimum atomic E-state index is -1.19. The predicted octanol–water partition coefficient (Wildman–Crippen LogP) is 2.83. The molecular weight excluding hydrogens is 270 g/mol. The van der Waals surface area contributed by atoms with Gasteiger partial charge in [-0.15, -0.1) is 0 Å². The molecule has 0 atom stereocenters. The standard InChI is InChI=1S/C12H12F2N4O2/c1-6-12(7(2)17-16-6)15-5-8-3-11(18(19)20)10(14)4-9(8)13/h3-4,15H,5H2,1-2H3,(H,16,17). The molecule has 20 heavy (non-hydrogen) atoms. The van der Waals surface area contributed by atoms with E-state index in [2.05, 4.69) is 15.5 Å². The number of halogens is 2. The molecule has 0 aliphatic rings. The van der Waals surface area contributed by atoms with E-state index in [0.29, 0.717) is 17.4 Å². The Bertz CT molecular complexity index is 650. The molecule has 0 unspecified atom stereocenters. The largest absolute Gasteiger partial charge is 0.378 e. The summed E-state index contributed by atoms with van der Waals surface area (Å²) in [6.07, 6.45) is 0. The molecule has 0 aliphatic heterocycles. The van der Waals surface area contributed by atoms with Gasteiger partial charge in [-0.3, -0.25) is 15.2 Å². The number of nitrogens with zero attached hydrogens (tertiary/aromatic N) is 2. The van der Waals surface area contributed by atoms with Crippen LogP contribution in [-0.2, 0) is 6.54 Å². The number of hydrogen-bond donors (Lipinski definition) is 2. The lowest BCUT2D eigenvalue weighted by molar-refractivity contribution is -0.387. The molecule has 2 aromatic rings. The van der Waals surface area contributed by atoms with E-state index < -0.39 is 22.2 Å². The van der Waals surface area contributed by atoms with Crippen molar-refractivity contribution in [2.24, 2.45) is 0 Å². The number of nitro groups is 1. The summed E-state index contributed by atoms with van der Waals surface area (Å²) in [7, 11) is 0. The van der Waals surface area contributed by atoms with Gasteiger partial charge in [-0.25, -0.2) is 4.39 Å². The normalized spacial score (nSPS) is 10.6. The second-order valence-electron chi connectivity index (χ2n) is 4.31. The molecule has 1 aromatic heterocycles. The summed E-state index contributed by atoms with van der Waals surface area (Å²) in [5.41, 5.74) is 1.41. The van der Waals surface area contributed by atoms with Gasteiger partial charge in [0.15, 0.2) is 0 Å². The Morgan fingerprint density at radius 1 is 1.35 bits per heavy atom. The monoisotopic (exact) mass is 282 g/mol. The number of aryl methyl sites for hydroxylation is 2. The van der Waals surface area contributed by atoms with Gasteiger partial charge >= 0.3 is 5.69 Å². The Morgan fingerprint density at radius 2 is 2.05 bits per heavy atom. The van der Waals surface area contributed by atoms with E-state index in [4.69, 9.17) is 0 Å². The molecule has 106 valence electrons. The average molecular weight is 282 g/mol. The van der Waals surface area contributed by atoms with E-state index >= 15 is 0 Å². The number of H-pyrrole nitrogens is 1. The molecule has 0 radical (unpaired) electrons. The van der Waals surface area contributed by atoms with Crippen molar-refractivity contribution >= 4 is 11.4 Å². The molecule has 8 heteroatoms. The van der Waals surface area contributed by atoms with Gasteiger partial charge in [0.2, 0.25) is 5.82 Å². The summed E-state index contributed by atoms with van der Waals surface area (Å²) in [4.78, 5) is 9.75. The molecule has 0 bridgehead atoms. The zero-order valence-corrected chi connectivity index (χ0v) is 10.8. The van der Waals surface area contributed by atoms with Gasteiger partial charge in [-0.1, -0.05) is 0 Å². The van der Waals surface area contributed by atoms with E-state index in [0.717, 1.165) is 11.8 Å². The van der Waals surface area contributed by atoms with E-state index in [1.54, 1.807) is 13.8 Å². The summed E-state index contributed by atoms with van der Waals surface area (Å²) in [5.74, 6) is -2.02. The van der Waals surface area contributed by atoms with Gasteiger partial charge in [-0.05, 0) is 13.8 Å². The first-order chi connectivity index (χ1) is 9.40. The molecule has 2 N–H and O–H groups in total. The Kier molecular flexibility index (Phi) is 3.64. The third-order valence-electron chi connectivity index (χ3n) is 2.90. The van der Waals surface area contributed by atoms with Crippen LogP contribution in [0.2, 0.25) is 0 Å². The third kappa shape index (κ3) is 2.58. The van der Waals surface area contributed by atoms with Crippen molar-refractivity contribution in [3.8, 4) is 0 Å². The summed E-state index contributed by atoms with van der Waals surface area (Å²) in [6, 6.07) is 1.41. The number of anilines is 1. The van der Waals surface area contributed by atoms with Gasteiger partial charge in [0.25, 0.3) is 0 Å². The quantitative estimate of drug-likeness (QED) is 0.667. The molecule has 0 fully saturated rings. The van der Waals surface area contributed by atoms with Gasteiger partial charge in [-0.2, -0.15) is 9.49 Å². The maximum Gasteiger partial charge on any atom is 0.305 e. The van der Waals surface area contributed by atoms with Crippen molar-refractivity contribution < 1.29 is 13.7 Å². The van der Waals surface area contributed by atoms with Crippen molar-refractivity contribution in [1.82, 2.24) is 10.2 Å². The lowest BCUT2D eigenvalue weighted by Crippen LogP contribution is -2.05. The second kappa shape index (κ2) is 5.24. The fourth-order valence-corrected chi connectivity index (χ4v) is 1.85. The van der Waals surface area contributed by atoms with Crippen molar-refractivity contribution in [2.45, 2.75) is 20.4 Å². The van der Waals surface area contributed by atoms with Crippen LogP contribution in [0.1, 0.15) is 17.0 Å². The first kappa shape index (κ1) is 13.9. The maximum atomic E-state index is 13.6. The SMILES string of the molecule is Cc1n[nH]c(C)c1NCc1cc([N+](=O)[O-])c(F)cc1F. The molecule has 0 aliphatic carbocycles. The van der Waals surface area contributed by atoms with Crippen molar-refractivity contribution in [3.05, 3.63) is 50.8 Å². The van der Waals surface area contributed by atoms with Crippen LogP contribution in [-0.4, -0.2) is 15.1 Å². The molecule has 2 rings (SSSR count). The topological polar surface area (TPSA) is 83.8 Å². The molecular formula is C12H12F2N4O2. The Labute approximate surface area is 113 Å². The van der Waals surface area contributed by atoms with Crippen LogP contribution in [0.15, 0.2) is 12.1 Å². The molecule has 0 saturated carbocycles. The maximum absolute atomic E-state index is 13.6. The van der Waals surface area contributed by atoms with E-state index in [-0.39, 0.29) is 12.1 Å².